The Morgan fingerprint density at radius 3 is 1.87 bits per heavy atom. The molecule has 4 nitrogen and oxygen atoms in total. The monoisotopic (exact) mass is 244 g/mol. The predicted molar refractivity (Wildman–Crippen MR) is 60.6 cm³/mol. The van der Waals surface area contributed by atoms with Crippen LogP contribution in [-0.2, 0) is 9.59 Å². The predicted octanol–water partition coefficient (Wildman–Crippen LogP) is 1.07. The molecule has 1 atom stereocenters. The Bertz CT molecular complexity index is 192. The number of hydrogen-bond acceptors (Lipinski definition) is 2. The van der Waals surface area contributed by atoms with Crippen molar-refractivity contribution in [3.8, 4) is 0 Å². The van der Waals surface area contributed by atoms with Crippen LogP contribution in [-0.4, -0.2) is 59.9 Å². The van der Waals surface area contributed by atoms with E-state index in [0.29, 0.717) is 0 Å². The van der Waals surface area contributed by atoms with E-state index in [0.717, 1.165) is 19.3 Å². The van der Waals surface area contributed by atoms with E-state index in [-0.39, 0.29) is 50.1 Å². The van der Waals surface area contributed by atoms with Crippen LogP contribution in [0.5, 0.6) is 0 Å². The molecule has 0 bridgehead atoms. The number of hydrogen-bond donors (Lipinski definition) is 2. The summed E-state index contributed by atoms with van der Waals surface area (Å²) in [6.45, 7) is 3.97. The van der Waals surface area contributed by atoms with Crippen molar-refractivity contribution in [2.45, 2.75) is 39.5 Å². The summed E-state index contributed by atoms with van der Waals surface area (Å²) in [5.41, 5.74) is 0. The maximum atomic E-state index is 10.6. The molecule has 0 saturated heterocycles. The normalized spacial score (nSPS) is 11.9. The molecular formula is C10H20CaO4. The summed E-state index contributed by atoms with van der Waals surface area (Å²) in [7, 11) is 0. The first-order valence-corrected chi connectivity index (χ1v) is 4.98. The molecule has 15 heavy (non-hydrogen) atoms. The van der Waals surface area contributed by atoms with Crippen LogP contribution < -0.4 is 0 Å². The van der Waals surface area contributed by atoms with Gasteiger partial charge in [0.15, 0.2) is 5.92 Å². The molecule has 0 aliphatic carbocycles. The van der Waals surface area contributed by atoms with Crippen LogP contribution in [0.25, 0.3) is 0 Å². The molecule has 0 radical (unpaired) electrons. The van der Waals surface area contributed by atoms with E-state index >= 15 is 0 Å². The second kappa shape index (κ2) is 9.43. The second-order valence-corrected chi connectivity index (χ2v) is 3.53. The molecule has 0 fully saturated rings. The van der Waals surface area contributed by atoms with Crippen LogP contribution in [0.3, 0.4) is 0 Å². The SMILES string of the molecule is CCCC(CC)CC(C(=O)O)C(=O)O.[CaH2]. The quantitative estimate of drug-likeness (QED) is 0.519. The van der Waals surface area contributed by atoms with Crippen LogP contribution in [0.4, 0.5) is 0 Å². The third-order valence-corrected chi connectivity index (χ3v) is 2.44. The summed E-state index contributed by atoms with van der Waals surface area (Å²) >= 11 is 0. The van der Waals surface area contributed by atoms with E-state index < -0.39 is 17.9 Å². The fraction of sp³-hybridized carbons (Fsp3) is 0.800. The van der Waals surface area contributed by atoms with Gasteiger partial charge in [-0.05, 0) is 12.3 Å². The van der Waals surface area contributed by atoms with Gasteiger partial charge in [-0.2, -0.15) is 0 Å². The molecule has 0 aromatic rings. The van der Waals surface area contributed by atoms with Crippen molar-refractivity contribution in [1.82, 2.24) is 0 Å². The van der Waals surface area contributed by atoms with Crippen molar-refractivity contribution >= 4 is 49.7 Å². The molecule has 0 rings (SSSR count). The van der Waals surface area contributed by atoms with Gasteiger partial charge in [-0.15, -0.1) is 0 Å². The average molecular weight is 244 g/mol. The van der Waals surface area contributed by atoms with E-state index in [1.165, 1.54) is 0 Å². The summed E-state index contributed by atoms with van der Waals surface area (Å²) in [6, 6.07) is 0. The van der Waals surface area contributed by atoms with Crippen LogP contribution in [0.1, 0.15) is 39.5 Å². The van der Waals surface area contributed by atoms with Crippen LogP contribution in [0.15, 0.2) is 0 Å². The van der Waals surface area contributed by atoms with Crippen LogP contribution in [0, 0.1) is 11.8 Å². The minimum atomic E-state index is -1.24. The van der Waals surface area contributed by atoms with Gasteiger partial charge in [0, 0.05) is 0 Å². The first kappa shape index (κ1) is 17.6. The molecule has 0 aliphatic heterocycles. The standard InChI is InChI=1S/C10H18O4.Ca.2H/c1-3-5-7(4-2)6-8(9(11)12)10(13)14;;;/h7-8H,3-6H2,1-2H3,(H,11,12)(H,13,14);;;. The van der Waals surface area contributed by atoms with E-state index in [1.54, 1.807) is 0 Å². The molecule has 0 aromatic heterocycles. The first-order valence-electron chi connectivity index (χ1n) is 4.98. The molecule has 2 N–H and O–H groups in total. The van der Waals surface area contributed by atoms with Crippen molar-refractivity contribution in [3.63, 3.8) is 0 Å². The van der Waals surface area contributed by atoms with Crippen molar-refractivity contribution in [2.75, 3.05) is 0 Å². The van der Waals surface area contributed by atoms with E-state index in [9.17, 15) is 9.59 Å². The molecule has 5 heteroatoms. The molecule has 0 amide bonds. The summed E-state index contributed by atoms with van der Waals surface area (Å²) in [6.07, 6.45) is 2.94. The third-order valence-electron chi connectivity index (χ3n) is 2.44. The molecule has 86 valence electrons. The van der Waals surface area contributed by atoms with E-state index in [4.69, 9.17) is 10.2 Å². The molecule has 0 spiro atoms. The topological polar surface area (TPSA) is 74.6 Å². The molecule has 0 aromatic carbocycles. The number of carbonyl (C=O) groups is 2. The van der Waals surface area contributed by atoms with Crippen molar-refractivity contribution < 1.29 is 19.8 Å². The minimum absolute atomic E-state index is 0. The summed E-state index contributed by atoms with van der Waals surface area (Å²) < 4.78 is 0. The van der Waals surface area contributed by atoms with Crippen LogP contribution in [0.2, 0.25) is 0 Å². The molecule has 0 aliphatic rings. The van der Waals surface area contributed by atoms with Gasteiger partial charge < -0.3 is 10.2 Å². The zero-order valence-electron chi connectivity index (χ0n) is 8.69. The van der Waals surface area contributed by atoms with Crippen molar-refractivity contribution in [2.24, 2.45) is 11.8 Å². The molecule has 0 heterocycles. The number of carboxylic acid groups (broad SMARTS) is 2. The Hall–Kier alpha value is 0.200. The summed E-state index contributed by atoms with van der Waals surface area (Å²) in [4.78, 5) is 21.2. The number of rotatable bonds is 7. The van der Waals surface area contributed by atoms with Gasteiger partial charge in [0.05, 0.1) is 0 Å². The Balaban J connectivity index is 0. The Kier molecular flexibility index (Phi) is 11.1. The van der Waals surface area contributed by atoms with Gasteiger partial charge in [0.1, 0.15) is 0 Å². The third kappa shape index (κ3) is 7.14. The van der Waals surface area contributed by atoms with Gasteiger partial charge in [-0.3, -0.25) is 9.59 Å². The van der Waals surface area contributed by atoms with Gasteiger partial charge in [0.25, 0.3) is 0 Å². The number of aliphatic carboxylic acids is 2. The Morgan fingerprint density at radius 2 is 1.60 bits per heavy atom. The Labute approximate surface area is 120 Å². The van der Waals surface area contributed by atoms with Gasteiger partial charge in [0.2, 0.25) is 0 Å². The van der Waals surface area contributed by atoms with E-state index in [2.05, 4.69) is 0 Å². The average Bonchev–Trinajstić information content (AvgIpc) is 2.10. The van der Waals surface area contributed by atoms with Gasteiger partial charge >= 0.3 is 49.7 Å². The Morgan fingerprint density at radius 1 is 1.13 bits per heavy atom. The first-order chi connectivity index (χ1) is 6.52. The van der Waals surface area contributed by atoms with Crippen LogP contribution >= 0.6 is 0 Å². The zero-order chi connectivity index (χ0) is 11.1. The summed E-state index contributed by atoms with van der Waals surface area (Å²) in [5.74, 6) is -3.50. The second-order valence-electron chi connectivity index (χ2n) is 3.53. The summed E-state index contributed by atoms with van der Waals surface area (Å²) in [5, 5.41) is 17.4. The zero-order valence-corrected chi connectivity index (χ0v) is 8.69. The van der Waals surface area contributed by atoms with Crippen molar-refractivity contribution in [1.29, 1.82) is 0 Å². The molecule has 1 unspecified atom stereocenters. The van der Waals surface area contributed by atoms with Gasteiger partial charge in [-0.25, -0.2) is 0 Å². The molecule has 0 saturated carbocycles. The fourth-order valence-corrected chi connectivity index (χ4v) is 1.54. The van der Waals surface area contributed by atoms with E-state index in [1.807, 2.05) is 13.8 Å². The fourth-order valence-electron chi connectivity index (χ4n) is 1.54. The van der Waals surface area contributed by atoms with Crippen molar-refractivity contribution in [3.05, 3.63) is 0 Å². The van der Waals surface area contributed by atoms with Gasteiger partial charge in [-0.1, -0.05) is 33.1 Å². The molecular weight excluding hydrogens is 224 g/mol. The number of carboxylic acids is 2. The maximum absolute atomic E-state index is 10.6.